The van der Waals surface area contributed by atoms with Gasteiger partial charge < -0.3 is 5.11 Å². The maximum atomic E-state index is 10.5. The number of hydrazine groups is 1. The van der Waals surface area contributed by atoms with Gasteiger partial charge in [-0.25, -0.2) is 5.43 Å². The Morgan fingerprint density at radius 2 is 2.09 bits per heavy atom. The SMILES string of the molecule is CC(C)(C)CC(NN)C(=O)O. The molecule has 0 spiro atoms. The number of aliphatic carboxylic acids is 1. The minimum Gasteiger partial charge on any atom is -0.480 e. The van der Waals surface area contributed by atoms with Gasteiger partial charge in [0.2, 0.25) is 0 Å². The fourth-order valence-electron chi connectivity index (χ4n) is 0.830. The Bertz CT molecular complexity index is 140. The van der Waals surface area contributed by atoms with E-state index in [1.807, 2.05) is 20.8 Å². The Morgan fingerprint density at radius 1 is 1.64 bits per heavy atom. The third-order valence-corrected chi connectivity index (χ3v) is 1.32. The molecule has 0 aromatic carbocycles. The highest BCUT2D eigenvalue weighted by Gasteiger charge is 2.22. The molecule has 0 fully saturated rings. The van der Waals surface area contributed by atoms with E-state index in [1.165, 1.54) is 0 Å². The van der Waals surface area contributed by atoms with E-state index in [0.717, 1.165) is 0 Å². The molecule has 0 radical (unpaired) electrons. The molecule has 66 valence electrons. The molecule has 0 saturated heterocycles. The second kappa shape index (κ2) is 3.69. The van der Waals surface area contributed by atoms with E-state index in [9.17, 15) is 4.79 Å². The molecule has 0 heterocycles. The summed E-state index contributed by atoms with van der Waals surface area (Å²) in [5.41, 5.74) is 2.24. The van der Waals surface area contributed by atoms with Crippen LogP contribution in [0, 0.1) is 5.41 Å². The molecule has 0 amide bonds. The van der Waals surface area contributed by atoms with Crippen LogP contribution < -0.4 is 11.3 Å². The van der Waals surface area contributed by atoms with E-state index < -0.39 is 12.0 Å². The van der Waals surface area contributed by atoms with Crippen LogP contribution in [0.3, 0.4) is 0 Å². The highest BCUT2D eigenvalue weighted by Crippen LogP contribution is 2.20. The maximum Gasteiger partial charge on any atom is 0.322 e. The second-order valence-electron chi connectivity index (χ2n) is 3.82. The van der Waals surface area contributed by atoms with Crippen molar-refractivity contribution in [3.05, 3.63) is 0 Å². The van der Waals surface area contributed by atoms with Crippen LogP contribution >= 0.6 is 0 Å². The van der Waals surface area contributed by atoms with Gasteiger partial charge in [-0.15, -0.1) is 0 Å². The molecule has 4 nitrogen and oxygen atoms in total. The van der Waals surface area contributed by atoms with E-state index in [1.54, 1.807) is 0 Å². The molecule has 4 N–H and O–H groups in total. The van der Waals surface area contributed by atoms with Crippen molar-refractivity contribution < 1.29 is 9.90 Å². The molecule has 11 heavy (non-hydrogen) atoms. The number of nitrogens with two attached hydrogens (primary N) is 1. The molecule has 0 aromatic rings. The fourth-order valence-corrected chi connectivity index (χ4v) is 0.830. The lowest BCUT2D eigenvalue weighted by atomic mass is 9.88. The highest BCUT2D eigenvalue weighted by atomic mass is 16.4. The number of rotatable bonds is 3. The predicted molar refractivity (Wildman–Crippen MR) is 42.8 cm³/mol. The lowest BCUT2D eigenvalue weighted by Gasteiger charge is -2.22. The monoisotopic (exact) mass is 160 g/mol. The van der Waals surface area contributed by atoms with Crippen LogP contribution in [-0.4, -0.2) is 17.1 Å². The first kappa shape index (κ1) is 10.4. The average Bonchev–Trinajstić information content (AvgIpc) is 1.80. The van der Waals surface area contributed by atoms with E-state index in [4.69, 9.17) is 10.9 Å². The Morgan fingerprint density at radius 3 is 2.18 bits per heavy atom. The van der Waals surface area contributed by atoms with Gasteiger partial charge in [0.1, 0.15) is 6.04 Å². The van der Waals surface area contributed by atoms with Gasteiger partial charge in [-0.05, 0) is 11.8 Å². The summed E-state index contributed by atoms with van der Waals surface area (Å²) in [4.78, 5) is 10.5. The van der Waals surface area contributed by atoms with Crippen LogP contribution in [0.1, 0.15) is 27.2 Å². The molecular weight excluding hydrogens is 144 g/mol. The molecular formula is C7H16N2O2. The van der Waals surface area contributed by atoms with Crippen LogP contribution in [0.4, 0.5) is 0 Å². The van der Waals surface area contributed by atoms with E-state index >= 15 is 0 Å². The smallest absolute Gasteiger partial charge is 0.322 e. The molecule has 4 heteroatoms. The fraction of sp³-hybridized carbons (Fsp3) is 0.857. The Kier molecular flexibility index (Phi) is 3.48. The van der Waals surface area contributed by atoms with Gasteiger partial charge in [-0.2, -0.15) is 0 Å². The lowest BCUT2D eigenvalue weighted by molar-refractivity contribution is -0.140. The molecule has 0 aliphatic rings. The lowest BCUT2D eigenvalue weighted by Crippen LogP contribution is -2.43. The zero-order valence-electron chi connectivity index (χ0n) is 7.22. The van der Waals surface area contributed by atoms with Crippen molar-refractivity contribution in [1.82, 2.24) is 5.43 Å². The first-order valence-electron chi connectivity index (χ1n) is 3.56. The third kappa shape index (κ3) is 4.75. The predicted octanol–water partition coefficient (Wildman–Crippen LogP) is 0.339. The largest absolute Gasteiger partial charge is 0.480 e. The number of hydrogen-bond donors (Lipinski definition) is 3. The molecule has 0 aromatic heterocycles. The minimum absolute atomic E-state index is 0.0184. The first-order valence-corrected chi connectivity index (χ1v) is 3.56. The summed E-state index contributed by atoms with van der Waals surface area (Å²) in [7, 11) is 0. The summed E-state index contributed by atoms with van der Waals surface area (Å²) >= 11 is 0. The highest BCUT2D eigenvalue weighted by molar-refractivity contribution is 5.73. The Hall–Kier alpha value is -0.610. The van der Waals surface area contributed by atoms with Crippen molar-refractivity contribution in [1.29, 1.82) is 0 Å². The summed E-state index contributed by atoms with van der Waals surface area (Å²) in [5.74, 6) is 4.15. The maximum absolute atomic E-state index is 10.5. The summed E-state index contributed by atoms with van der Waals surface area (Å²) in [6, 6.07) is -0.644. The van der Waals surface area contributed by atoms with Crippen LogP contribution in [0.5, 0.6) is 0 Å². The quantitative estimate of drug-likeness (QED) is 0.411. The summed E-state index contributed by atoms with van der Waals surface area (Å²) in [6.07, 6.45) is 0.527. The van der Waals surface area contributed by atoms with E-state index in [0.29, 0.717) is 6.42 Å². The van der Waals surface area contributed by atoms with Crippen molar-refractivity contribution in [2.24, 2.45) is 11.3 Å². The molecule has 1 atom stereocenters. The Labute approximate surface area is 66.7 Å². The standard InChI is InChI=1S/C7H16N2O2/c1-7(2,3)4-5(9-8)6(10)11/h5,9H,4,8H2,1-3H3,(H,10,11). The van der Waals surface area contributed by atoms with Gasteiger partial charge in [-0.1, -0.05) is 20.8 Å². The summed E-state index contributed by atoms with van der Waals surface area (Å²) in [5, 5.41) is 8.59. The molecule has 0 aliphatic carbocycles. The van der Waals surface area contributed by atoms with E-state index in [2.05, 4.69) is 5.43 Å². The van der Waals surface area contributed by atoms with Crippen molar-refractivity contribution in [2.45, 2.75) is 33.2 Å². The van der Waals surface area contributed by atoms with Crippen molar-refractivity contribution in [3.8, 4) is 0 Å². The number of hydrogen-bond acceptors (Lipinski definition) is 3. The van der Waals surface area contributed by atoms with Crippen LogP contribution in [-0.2, 0) is 4.79 Å². The van der Waals surface area contributed by atoms with Crippen LogP contribution in [0.2, 0.25) is 0 Å². The van der Waals surface area contributed by atoms with Gasteiger partial charge in [0, 0.05) is 0 Å². The number of carboxylic acid groups (broad SMARTS) is 1. The van der Waals surface area contributed by atoms with Crippen LogP contribution in [0.15, 0.2) is 0 Å². The Balaban J connectivity index is 3.99. The minimum atomic E-state index is -0.901. The van der Waals surface area contributed by atoms with Gasteiger partial charge in [0.25, 0.3) is 0 Å². The molecule has 0 aliphatic heterocycles. The van der Waals surface area contributed by atoms with Crippen molar-refractivity contribution >= 4 is 5.97 Å². The first-order chi connectivity index (χ1) is 4.87. The van der Waals surface area contributed by atoms with Gasteiger partial charge in [-0.3, -0.25) is 10.6 Å². The molecule has 0 rings (SSSR count). The van der Waals surface area contributed by atoms with Crippen molar-refractivity contribution in [2.75, 3.05) is 0 Å². The summed E-state index contributed by atoms with van der Waals surface area (Å²) < 4.78 is 0. The normalized spacial score (nSPS) is 14.5. The number of carboxylic acids is 1. The van der Waals surface area contributed by atoms with Crippen molar-refractivity contribution in [3.63, 3.8) is 0 Å². The molecule has 0 saturated carbocycles. The zero-order chi connectivity index (χ0) is 9.07. The van der Waals surface area contributed by atoms with Gasteiger partial charge >= 0.3 is 5.97 Å². The third-order valence-electron chi connectivity index (χ3n) is 1.32. The number of nitrogens with one attached hydrogen (secondary N) is 1. The average molecular weight is 160 g/mol. The summed E-state index contributed by atoms with van der Waals surface area (Å²) in [6.45, 7) is 5.92. The number of carbonyl (C=O) groups is 1. The van der Waals surface area contributed by atoms with Crippen LogP contribution in [0.25, 0.3) is 0 Å². The second-order valence-corrected chi connectivity index (χ2v) is 3.82. The van der Waals surface area contributed by atoms with E-state index in [-0.39, 0.29) is 5.41 Å². The molecule has 0 bridgehead atoms. The topological polar surface area (TPSA) is 75.3 Å². The van der Waals surface area contributed by atoms with Gasteiger partial charge in [0.05, 0.1) is 0 Å². The molecule has 1 unspecified atom stereocenters. The zero-order valence-corrected chi connectivity index (χ0v) is 7.22. The van der Waals surface area contributed by atoms with Gasteiger partial charge in [0.15, 0.2) is 0 Å².